The highest BCUT2D eigenvalue weighted by Gasteiger charge is 2.33. The SMILES string of the molecule is CC(CS)C1CC(CS)C(=O)N1. The minimum atomic E-state index is 0.112. The van der Waals surface area contributed by atoms with Crippen LogP contribution in [-0.4, -0.2) is 23.5 Å². The Morgan fingerprint density at radius 2 is 2.33 bits per heavy atom. The van der Waals surface area contributed by atoms with E-state index in [1.807, 2.05) is 0 Å². The van der Waals surface area contributed by atoms with Crippen molar-refractivity contribution in [2.75, 3.05) is 11.5 Å². The third-order valence-electron chi connectivity index (χ3n) is 2.43. The summed E-state index contributed by atoms with van der Waals surface area (Å²) in [6.45, 7) is 2.11. The summed E-state index contributed by atoms with van der Waals surface area (Å²) in [6, 6.07) is 0.312. The van der Waals surface area contributed by atoms with Gasteiger partial charge in [0.1, 0.15) is 0 Å². The van der Waals surface area contributed by atoms with Gasteiger partial charge in [-0.1, -0.05) is 6.92 Å². The van der Waals surface area contributed by atoms with Gasteiger partial charge in [-0.25, -0.2) is 0 Å². The van der Waals surface area contributed by atoms with E-state index >= 15 is 0 Å². The summed E-state index contributed by atoms with van der Waals surface area (Å²) < 4.78 is 0. The summed E-state index contributed by atoms with van der Waals surface area (Å²) in [5.41, 5.74) is 0. The monoisotopic (exact) mass is 205 g/mol. The van der Waals surface area contributed by atoms with Gasteiger partial charge >= 0.3 is 0 Å². The van der Waals surface area contributed by atoms with E-state index in [-0.39, 0.29) is 11.8 Å². The van der Waals surface area contributed by atoms with Gasteiger partial charge in [0, 0.05) is 17.7 Å². The number of hydrogen-bond acceptors (Lipinski definition) is 3. The summed E-state index contributed by atoms with van der Waals surface area (Å²) in [4.78, 5) is 11.3. The Morgan fingerprint density at radius 3 is 2.75 bits per heavy atom. The van der Waals surface area contributed by atoms with Crippen molar-refractivity contribution in [2.24, 2.45) is 11.8 Å². The van der Waals surface area contributed by atoms with Gasteiger partial charge < -0.3 is 5.32 Å². The summed E-state index contributed by atoms with van der Waals surface area (Å²) in [5, 5.41) is 2.97. The van der Waals surface area contributed by atoms with Crippen molar-refractivity contribution in [3.8, 4) is 0 Å². The van der Waals surface area contributed by atoms with E-state index in [1.54, 1.807) is 0 Å². The highest BCUT2D eigenvalue weighted by Crippen LogP contribution is 2.22. The van der Waals surface area contributed by atoms with Gasteiger partial charge in [0.2, 0.25) is 5.91 Å². The van der Waals surface area contributed by atoms with Crippen LogP contribution in [0.25, 0.3) is 0 Å². The van der Waals surface area contributed by atoms with E-state index in [2.05, 4.69) is 37.5 Å². The van der Waals surface area contributed by atoms with Crippen LogP contribution in [0.4, 0.5) is 0 Å². The molecule has 0 aromatic carbocycles. The number of amides is 1. The zero-order valence-corrected chi connectivity index (χ0v) is 8.94. The van der Waals surface area contributed by atoms with Crippen LogP contribution in [0.15, 0.2) is 0 Å². The summed E-state index contributed by atoms with van der Waals surface area (Å²) in [6.07, 6.45) is 0.921. The molecular weight excluding hydrogens is 190 g/mol. The van der Waals surface area contributed by atoms with E-state index in [0.717, 1.165) is 12.2 Å². The molecule has 1 fully saturated rings. The molecule has 0 aliphatic carbocycles. The highest BCUT2D eigenvalue weighted by atomic mass is 32.1. The molecule has 1 aliphatic heterocycles. The Kier molecular flexibility index (Phi) is 3.77. The minimum absolute atomic E-state index is 0.112. The van der Waals surface area contributed by atoms with Crippen molar-refractivity contribution < 1.29 is 4.79 Å². The van der Waals surface area contributed by atoms with E-state index < -0.39 is 0 Å². The Bertz CT molecular complexity index is 174. The van der Waals surface area contributed by atoms with Crippen LogP contribution >= 0.6 is 25.3 Å². The topological polar surface area (TPSA) is 29.1 Å². The smallest absolute Gasteiger partial charge is 0.224 e. The molecule has 0 aromatic rings. The molecule has 1 rings (SSSR count). The number of thiol groups is 2. The molecule has 70 valence electrons. The average Bonchev–Trinajstić information content (AvgIpc) is 2.45. The summed E-state index contributed by atoms with van der Waals surface area (Å²) in [5.74, 6) is 2.21. The molecule has 0 aromatic heterocycles. The molecule has 0 bridgehead atoms. The fraction of sp³-hybridized carbons (Fsp3) is 0.875. The molecule has 2 nitrogen and oxygen atoms in total. The van der Waals surface area contributed by atoms with Gasteiger partial charge in [-0.05, 0) is 18.1 Å². The second kappa shape index (κ2) is 4.42. The normalized spacial score (nSPS) is 31.8. The van der Waals surface area contributed by atoms with Crippen LogP contribution in [0.3, 0.4) is 0 Å². The molecule has 1 N–H and O–H groups in total. The van der Waals surface area contributed by atoms with Crippen LogP contribution in [0.5, 0.6) is 0 Å². The molecule has 3 atom stereocenters. The second-order valence-corrected chi connectivity index (χ2v) is 4.12. The number of hydrogen-bond donors (Lipinski definition) is 3. The fourth-order valence-electron chi connectivity index (χ4n) is 1.43. The van der Waals surface area contributed by atoms with Crippen LogP contribution in [0.1, 0.15) is 13.3 Å². The first-order valence-corrected chi connectivity index (χ1v) is 5.47. The number of carbonyl (C=O) groups excluding carboxylic acids is 1. The quantitative estimate of drug-likeness (QED) is 0.589. The van der Waals surface area contributed by atoms with Crippen LogP contribution in [-0.2, 0) is 4.79 Å². The van der Waals surface area contributed by atoms with E-state index in [1.165, 1.54) is 0 Å². The maximum Gasteiger partial charge on any atom is 0.224 e. The van der Waals surface area contributed by atoms with Crippen molar-refractivity contribution in [1.29, 1.82) is 0 Å². The standard InChI is InChI=1S/C8H15NOS2/c1-5(3-11)7-2-6(4-12)8(10)9-7/h5-7,11-12H,2-4H2,1H3,(H,9,10). The van der Waals surface area contributed by atoms with Crippen molar-refractivity contribution in [3.05, 3.63) is 0 Å². The lowest BCUT2D eigenvalue weighted by Gasteiger charge is -2.16. The maximum atomic E-state index is 11.3. The number of rotatable bonds is 3. The third-order valence-corrected chi connectivity index (χ3v) is 3.45. The minimum Gasteiger partial charge on any atom is -0.353 e. The first-order valence-electron chi connectivity index (χ1n) is 4.21. The average molecular weight is 205 g/mol. The van der Waals surface area contributed by atoms with Gasteiger partial charge in [-0.15, -0.1) is 0 Å². The Hall–Kier alpha value is 0.170. The lowest BCUT2D eigenvalue weighted by Crippen LogP contribution is -2.32. The Labute approximate surface area is 84.3 Å². The maximum absolute atomic E-state index is 11.3. The molecule has 1 saturated heterocycles. The zero-order chi connectivity index (χ0) is 9.14. The number of carbonyl (C=O) groups is 1. The van der Waals surface area contributed by atoms with E-state index in [4.69, 9.17) is 0 Å². The van der Waals surface area contributed by atoms with Crippen molar-refractivity contribution in [3.63, 3.8) is 0 Å². The van der Waals surface area contributed by atoms with E-state index in [9.17, 15) is 4.79 Å². The van der Waals surface area contributed by atoms with E-state index in [0.29, 0.717) is 17.7 Å². The van der Waals surface area contributed by atoms with Gasteiger partial charge in [0.15, 0.2) is 0 Å². The lowest BCUT2D eigenvalue weighted by atomic mass is 9.99. The number of nitrogens with one attached hydrogen (secondary N) is 1. The highest BCUT2D eigenvalue weighted by molar-refractivity contribution is 7.80. The van der Waals surface area contributed by atoms with Crippen LogP contribution < -0.4 is 5.32 Å². The van der Waals surface area contributed by atoms with Crippen molar-refractivity contribution >= 4 is 31.2 Å². The molecule has 4 heteroatoms. The van der Waals surface area contributed by atoms with Crippen LogP contribution in [0.2, 0.25) is 0 Å². The van der Waals surface area contributed by atoms with Gasteiger partial charge in [-0.2, -0.15) is 25.3 Å². The molecule has 3 unspecified atom stereocenters. The molecule has 0 radical (unpaired) electrons. The molecule has 0 saturated carbocycles. The second-order valence-electron chi connectivity index (χ2n) is 3.39. The predicted octanol–water partition coefficient (Wildman–Crippen LogP) is 0.987. The van der Waals surface area contributed by atoms with Gasteiger partial charge in [-0.3, -0.25) is 4.79 Å². The van der Waals surface area contributed by atoms with Crippen LogP contribution in [0, 0.1) is 11.8 Å². The van der Waals surface area contributed by atoms with Gasteiger partial charge in [0.25, 0.3) is 0 Å². The van der Waals surface area contributed by atoms with Crippen molar-refractivity contribution in [1.82, 2.24) is 5.32 Å². The van der Waals surface area contributed by atoms with Crippen molar-refractivity contribution in [2.45, 2.75) is 19.4 Å². The first-order chi connectivity index (χ1) is 5.69. The first kappa shape index (κ1) is 10.3. The third kappa shape index (κ3) is 2.10. The molecule has 12 heavy (non-hydrogen) atoms. The Morgan fingerprint density at radius 1 is 1.67 bits per heavy atom. The summed E-state index contributed by atoms with van der Waals surface area (Å²) >= 11 is 8.34. The molecule has 0 spiro atoms. The molecule has 1 heterocycles. The fourth-order valence-corrected chi connectivity index (χ4v) is 2.00. The largest absolute Gasteiger partial charge is 0.353 e. The zero-order valence-electron chi connectivity index (χ0n) is 7.16. The summed E-state index contributed by atoms with van der Waals surface area (Å²) in [7, 11) is 0. The molecular formula is C8H15NOS2. The van der Waals surface area contributed by atoms with Gasteiger partial charge in [0.05, 0.1) is 0 Å². The molecule has 1 amide bonds. The predicted molar refractivity (Wildman–Crippen MR) is 56.9 cm³/mol. The lowest BCUT2D eigenvalue weighted by molar-refractivity contribution is -0.122. The molecule has 1 aliphatic rings. The Balaban J connectivity index is 2.48.